The molecule has 47 heavy (non-hydrogen) atoms. The van der Waals surface area contributed by atoms with E-state index in [1.54, 1.807) is 0 Å². The molecule has 0 saturated carbocycles. The molecule has 0 radical (unpaired) electrons. The van der Waals surface area contributed by atoms with E-state index in [0.29, 0.717) is 56.3 Å². The molecule has 0 heterocycles. The largest absolute Gasteiger partial charge is 0.449 e. The van der Waals surface area contributed by atoms with E-state index >= 15 is 0 Å². The first kappa shape index (κ1) is 34.6. The Kier molecular flexibility index (Phi) is 12.5. The summed E-state index contributed by atoms with van der Waals surface area (Å²) >= 11 is 0. The Labute approximate surface area is 273 Å². The van der Waals surface area contributed by atoms with Crippen molar-refractivity contribution in [3.63, 3.8) is 0 Å². The first-order chi connectivity index (χ1) is 22.7. The lowest BCUT2D eigenvalue weighted by Crippen LogP contribution is -2.53. The average molecular weight is 643 g/mol. The predicted octanol–water partition coefficient (Wildman–Crippen LogP) is 2.69. The fraction of sp³-hybridized carbons (Fsp3) is 0.343. The van der Waals surface area contributed by atoms with Crippen molar-refractivity contribution in [2.75, 3.05) is 19.7 Å². The molecule has 9 N–H and O–H groups in total. The summed E-state index contributed by atoms with van der Waals surface area (Å²) in [6.45, 7) is 0.843. The highest BCUT2D eigenvalue weighted by Crippen LogP contribution is 2.44. The van der Waals surface area contributed by atoms with Crippen molar-refractivity contribution in [1.82, 2.24) is 16.0 Å². The number of carbonyl (C=O) groups is 5. The van der Waals surface area contributed by atoms with Gasteiger partial charge in [-0.2, -0.15) is 0 Å². The van der Waals surface area contributed by atoms with Crippen LogP contribution in [0.25, 0.3) is 11.1 Å². The number of alkyl carbamates (subject to hydrolysis) is 1. The molecule has 0 aliphatic heterocycles. The second kappa shape index (κ2) is 16.9. The maximum absolute atomic E-state index is 13.3. The molecule has 2 unspecified atom stereocenters. The molecule has 2 atom stereocenters. The van der Waals surface area contributed by atoms with Gasteiger partial charge in [-0.1, -0.05) is 48.5 Å². The van der Waals surface area contributed by atoms with E-state index in [9.17, 15) is 24.0 Å². The molecule has 0 bridgehead atoms. The summed E-state index contributed by atoms with van der Waals surface area (Å²) in [4.78, 5) is 62.0. The van der Waals surface area contributed by atoms with Crippen LogP contribution in [0.1, 0.15) is 76.3 Å². The quantitative estimate of drug-likeness (QED) is 0.121. The minimum Gasteiger partial charge on any atom is -0.449 e. The molecule has 3 aromatic rings. The van der Waals surface area contributed by atoms with Gasteiger partial charge in [0, 0.05) is 23.6 Å². The molecule has 4 rings (SSSR count). The van der Waals surface area contributed by atoms with Gasteiger partial charge in [0.15, 0.2) is 0 Å². The Hall–Kier alpha value is -5.23. The van der Waals surface area contributed by atoms with E-state index in [-0.39, 0.29) is 24.9 Å². The van der Waals surface area contributed by atoms with Crippen molar-refractivity contribution in [1.29, 1.82) is 0 Å². The van der Waals surface area contributed by atoms with Crippen LogP contribution in [-0.2, 0) is 14.3 Å². The fourth-order valence-electron chi connectivity index (χ4n) is 5.67. The van der Waals surface area contributed by atoms with Crippen LogP contribution in [0.2, 0.25) is 0 Å². The van der Waals surface area contributed by atoms with E-state index in [0.717, 1.165) is 22.3 Å². The van der Waals surface area contributed by atoms with Crippen LogP contribution in [0, 0.1) is 0 Å². The molecule has 248 valence electrons. The second-order valence-corrected chi connectivity index (χ2v) is 11.5. The third kappa shape index (κ3) is 9.39. The van der Waals surface area contributed by atoms with Gasteiger partial charge in [-0.05, 0) is 91.6 Å². The molecular formula is C35H42N6O6. The summed E-state index contributed by atoms with van der Waals surface area (Å²) in [5, 5.41) is 8.11. The van der Waals surface area contributed by atoms with E-state index in [1.165, 1.54) is 24.3 Å². The SMILES string of the molecule is NCCCCC(NC(=O)OCC1c2ccccc2-c2ccccc21)C(=O)NC(CCCCNC(=O)c1ccc(C(N)=O)cc1)C(N)=O. The Morgan fingerprint density at radius 1 is 0.702 bits per heavy atom. The first-order valence-electron chi connectivity index (χ1n) is 15.8. The zero-order valence-electron chi connectivity index (χ0n) is 26.2. The van der Waals surface area contributed by atoms with Crippen LogP contribution in [0.3, 0.4) is 0 Å². The molecule has 1 aliphatic rings. The van der Waals surface area contributed by atoms with E-state index < -0.39 is 35.9 Å². The number of hydrogen-bond acceptors (Lipinski definition) is 7. The highest BCUT2D eigenvalue weighted by atomic mass is 16.5. The van der Waals surface area contributed by atoms with Crippen LogP contribution >= 0.6 is 0 Å². The summed E-state index contributed by atoms with van der Waals surface area (Å²) < 4.78 is 5.64. The minimum atomic E-state index is -0.971. The minimum absolute atomic E-state index is 0.0934. The molecule has 3 aromatic carbocycles. The van der Waals surface area contributed by atoms with E-state index in [4.69, 9.17) is 21.9 Å². The number of benzene rings is 3. The molecule has 0 fully saturated rings. The van der Waals surface area contributed by atoms with Gasteiger partial charge >= 0.3 is 6.09 Å². The molecule has 12 heteroatoms. The number of nitrogens with one attached hydrogen (secondary N) is 3. The van der Waals surface area contributed by atoms with Crippen molar-refractivity contribution >= 4 is 29.7 Å². The lowest BCUT2D eigenvalue weighted by molar-refractivity contribution is -0.128. The topological polar surface area (TPSA) is 209 Å². The van der Waals surface area contributed by atoms with Crippen LogP contribution in [0.4, 0.5) is 4.79 Å². The lowest BCUT2D eigenvalue weighted by atomic mass is 9.98. The van der Waals surface area contributed by atoms with Crippen LogP contribution in [0.15, 0.2) is 72.8 Å². The van der Waals surface area contributed by atoms with Crippen molar-refractivity contribution in [2.24, 2.45) is 17.2 Å². The second-order valence-electron chi connectivity index (χ2n) is 11.5. The number of fused-ring (bicyclic) bond motifs is 3. The number of carbonyl (C=O) groups excluding carboxylic acids is 5. The number of hydrogen-bond donors (Lipinski definition) is 6. The van der Waals surface area contributed by atoms with Gasteiger partial charge in [0.05, 0.1) is 0 Å². The zero-order valence-corrected chi connectivity index (χ0v) is 26.2. The van der Waals surface area contributed by atoms with Gasteiger partial charge in [0.25, 0.3) is 5.91 Å². The Balaban J connectivity index is 1.27. The molecule has 1 aliphatic carbocycles. The molecule has 12 nitrogen and oxygen atoms in total. The monoisotopic (exact) mass is 642 g/mol. The molecular weight excluding hydrogens is 600 g/mol. The molecule has 0 saturated heterocycles. The normalized spacial score (nSPS) is 13.0. The van der Waals surface area contributed by atoms with Gasteiger partial charge in [-0.25, -0.2) is 4.79 Å². The molecule has 5 amide bonds. The van der Waals surface area contributed by atoms with Crippen molar-refractivity contribution in [3.05, 3.63) is 95.1 Å². The maximum Gasteiger partial charge on any atom is 0.407 e. The molecule has 0 aromatic heterocycles. The standard InChI is InChI=1S/C35H42N6O6/c36-19-7-5-14-30(41-35(46)47-21-28-26-11-3-1-9-24(26)25-10-2-4-12-27(25)28)34(45)40-29(32(38)43)13-6-8-20-39-33(44)23-17-15-22(16-18-23)31(37)42/h1-4,9-12,15-18,28-30H,5-8,13-14,19-21,36H2,(H2,37,42)(H2,38,43)(H,39,44)(H,40,45)(H,41,46). The van der Waals surface area contributed by atoms with Crippen LogP contribution in [-0.4, -0.2) is 61.5 Å². The summed E-state index contributed by atoms with van der Waals surface area (Å²) in [6, 6.07) is 20.0. The molecule has 0 spiro atoms. The first-order valence-corrected chi connectivity index (χ1v) is 15.8. The predicted molar refractivity (Wildman–Crippen MR) is 177 cm³/mol. The average Bonchev–Trinajstić information content (AvgIpc) is 3.39. The van der Waals surface area contributed by atoms with Crippen molar-refractivity contribution in [3.8, 4) is 11.1 Å². The van der Waals surface area contributed by atoms with Crippen molar-refractivity contribution in [2.45, 2.75) is 56.5 Å². The van der Waals surface area contributed by atoms with Gasteiger partial charge in [-0.15, -0.1) is 0 Å². The highest BCUT2D eigenvalue weighted by Gasteiger charge is 2.30. The number of ether oxygens (including phenoxy) is 1. The maximum atomic E-state index is 13.3. The number of amides is 5. The zero-order chi connectivity index (χ0) is 33.8. The Morgan fingerprint density at radius 3 is 1.87 bits per heavy atom. The Morgan fingerprint density at radius 2 is 1.28 bits per heavy atom. The van der Waals surface area contributed by atoms with Crippen LogP contribution in [0.5, 0.6) is 0 Å². The van der Waals surface area contributed by atoms with Gasteiger partial charge < -0.3 is 37.9 Å². The number of unbranched alkanes of at least 4 members (excludes halogenated alkanes) is 2. The fourth-order valence-corrected chi connectivity index (χ4v) is 5.67. The number of primary amides is 2. The smallest absolute Gasteiger partial charge is 0.407 e. The third-order valence-corrected chi connectivity index (χ3v) is 8.20. The highest BCUT2D eigenvalue weighted by molar-refractivity contribution is 5.97. The van der Waals surface area contributed by atoms with E-state index in [2.05, 4.69) is 16.0 Å². The van der Waals surface area contributed by atoms with Gasteiger partial charge in [0.2, 0.25) is 17.7 Å². The Bertz CT molecular complexity index is 1530. The van der Waals surface area contributed by atoms with Crippen LogP contribution < -0.4 is 33.2 Å². The van der Waals surface area contributed by atoms with E-state index in [1.807, 2.05) is 48.5 Å². The third-order valence-electron chi connectivity index (χ3n) is 8.20. The summed E-state index contributed by atoms with van der Waals surface area (Å²) in [7, 11) is 0. The number of rotatable bonds is 17. The van der Waals surface area contributed by atoms with Gasteiger partial charge in [0.1, 0.15) is 18.7 Å². The summed E-state index contributed by atoms with van der Waals surface area (Å²) in [5.74, 6) is -2.29. The van der Waals surface area contributed by atoms with Crippen molar-refractivity contribution < 1.29 is 28.7 Å². The number of nitrogens with two attached hydrogens (primary N) is 3. The summed E-state index contributed by atoms with van der Waals surface area (Å²) in [6.07, 6.45) is 2.02. The summed E-state index contributed by atoms with van der Waals surface area (Å²) in [5.41, 5.74) is 21.5. The lowest BCUT2D eigenvalue weighted by Gasteiger charge is -2.22. The van der Waals surface area contributed by atoms with Gasteiger partial charge in [-0.3, -0.25) is 19.2 Å².